The molecule has 5 nitrogen and oxygen atoms in total. The second kappa shape index (κ2) is 5.53. The van der Waals surface area contributed by atoms with Gasteiger partial charge in [-0.25, -0.2) is 18.6 Å². The van der Waals surface area contributed by atoms with E-state index in [-0.39, 0.29) is 18.8 Å². The van der Waals surface area contributed by atoms with Crippen LogP contribution in [0.1, 0.15) is 35.1 Å². The Balaban J connectivity index is 3.28. The average molecular weight is 246 g/mol. The van der Waals surface area contributed by atoms with E-state index in [4.69, 9.17) is 5.73 Å². The highest BCUT2D eigenvalue weighted by Gasteiger charge is 2.23. The van der Waals surface area contributed by atoms with Gasteiger partial charge < -0.3 is 15.6 Å². The number of halogens is 2. The van der Waals surface area contributed by atoms with Crippen LogP contribution in [-0.2, 0) is 11.3 Å². The quantitative estimate of drug-likeness (QED) is 0.783. The fourth-order valence-corrected chi connectivity index (χ4v) is 1.24. The minimum absolute atomic E-state index is 0.0301. The van der Waals surface area contributed by atoms with Crippen molar-refractivity contribution in [3.8, 4) is 5.75 Å². The van der Waals surface area contributed by atoms with Crippen molar-refractivity contribution in [1.82, 2.24) is 4.98 Å². The standard InChI is InChI=1S/C10H12F2N2O3/c1-2-17-10(16)8-5(9(11)12)3-7(15)6(4-13)14-8/h3,9,15H,2,4,13H2,1H3. The molecule has 0 amide bonds. The lowest BCUT2D eigenvalue weighted by Gasteiger charge is -2.10. The topological polar surface area (TPSA) is 85.4 Å². The summed E-state index contributed by atoms with van der Waals surface area (Å²) in [5.74, 6) is -1.42. The number of pyridine rings is 1. The van der Waals surface area contributed by atoms with Gasteiger partial charge in [0.2, 0.25) is 0 Å². The van der Waals surface area contributed by atoms with E-state index in [0.717, 1.165) is 6.07 Å². The van der Waals surface area contributed by atoms with Gasteiger partial charge in [0.25, 0.3) is 6.43 Å². The van der Waals surface area contributed by atoms with Crippen LogP contribution in [0, 0.1) is 0 Å². The summed E-state index contributed by atoms with van der Waals surface area (Å²) in [7, 11) is 0. The number of carbonyl (C=O) groups is 1. The van der Waals surface area contributed by atoms with Crippen molar-refractivity contribution >= 4 is 5.97 Å². The van der Waals surface area contributed by atoms with Crippen LogP contribution < -0.4 is 5.73 Å². The molecule has 7 heteroatoms. The number of hydrogen-bond acceptors (Lipinski definition) is 5. The van der Waals surface area contributed by atoms with Gasteiger partial charge in [0.05, 0.1) is 17.9 Å². The number of carbonyl (C=O) groups excluding carboxylic acids is 1. The zero-order chi connectivity index (χ0) is 13.0. The van der Waals surface area contributed by atoms with Gasteiger partial charge in [0, 0.05) is 6.54 Å². The van der Waals surface area contributed by atoms with Crippen LogP contribution in [0.25, 0.3) is 0 Å². The number of aromatic nitrogens is 1. The number of aromatic hydroxyl groups is 1. The molecule has 1 aromatic rings. The highest BCUT2D eigenvalue weighted by atomic mass is 19.3. The van der Waals surface area contributed by atoms with E-state index < -0.39 is 29.4 Å². The Bertz CT molecular complexity index is 424. The van der Waals surface area contributed by atoms with Crippen molar-refractivity contribution in [1.29, 1.82) is 0 Å². The lowest BCUT2D eigenvalue weighted by atomic mass is 10.1. The van der Waals surface area contributed by atoms with Crippen LogP contribution in [0.3, 0.4) is 0 Å². The minimum atomic E-state index is -2.93. The maximum Gasteiger partial charge on any atom is 0.357 e. The largest absolute Gasteiger partial charge is 0.506 e. The van der Waals surface area contributed by atoms with Gasteiger partial charge in [-0.05, 0) is 13.0 Å². The molecule has 0 saturated carbocycles. The highest BCUT2D eigenvalue weighted by molar-refractivity contribution is 5.89. The van der Waals surface area contributed by atoms with Gasteiger partial charge >= 0.3 is 5.97 Å². The Hall–Kier alpha value is -1.76. The summed E-state index contributed by atoms with van der Waals surface area (Å²) in [4.78, 5) is 15.0. The SMILES string of the molecule is CCOC(=O)c1nc(CN)c(O)cc1C(F)F. The first kappa shape index (κ1) is 13.3. The van der Waals surface area contributed by atoms with Gasteiger partial charge in [0.1, 0.15) is 5.75 Å². The Morgan fingerprint density at radius 3 is 2.76 bits per heavy atom. The van der Waals surface area contributed by atoms with E-state index in [9.17, 15) is 18.7 Å². The molecule has 0 saturated heterocycles. The molecule has 0 bridgehead atoms. The van der Waals surface area contributed by atoms with Crippen LogP contribution in [-0.4, -0.2) is 22.7 Å². The Kier molecular flexibility index (Phi) is 4.33. The molecule has 0 radical (unpaired) electrons. The van der Waals surface area contributed by atoms with Crippen molar-refractivity contribution in [3.05, 3.63) is 23.0 Å². The van der Waals surface area contributed by atoms with Crippen molar-refractivity contribution in [2.75, 3.05) is 6.61 Å². The van der Waals surface area contributed by atoms with Gasteiger partial charge in [-0.1, -0.05) is 0 Å². The molecule has 0 aliphatic carbocycles. The molecule has 0 aliphatic heterocycles. The van der Waals surface area contributed by atoms with Crippen LogP contribution in [0.5, 0.6) is 5.75 Å². The number of ether oxygens (including phenoxy) is 1. The van der Waals surface area contributed by atoms with E-state index in [1.165, 1.54) is 0 Å². The second-order valence-corrected chi connectivity index (χ2v) is 3.12. The number of nitrogens with two attached hydrogens (primary N) is 1. The van der Waals surface area contributed by atoms with Gasteiger partial charge in [0.15, 0.2) is 5.69 Å². The molecule has 0 fully saturated rings. The van der Waals surface area contributed by atoms with E-state index in [2.05, 4.69) is 9.72 Å². The molecular weight excluding hydrogens is 234 g/mol. The summed E-state index contributed by atoms with van der Waals surface area (Å²) < 4.78 is 29.9. The predicted octanol–water partition coefficient (Wildman–Crippen LogP) is 1.36. The van der Waals surface area contributed by atoms with Crippen LogP contribution in [0.2, 0.25) is 0 Å². The molecule has 94 valence electrons. The van der Waals surface area contributed by atoms with Crippen molar-refractivity contribution in [3.63, 3.8) is 0 Å². The summed E-state index contributed by atoms with van der Waals surface area (Å²) in [5, 5.41) is 9.35. The van der Waals surface area contributed by atoms with Crippen LogP contribution in [0.15, 0.2) is 6.07 Å². The Morgan fingerprint density at radius 1 is 1.65 bits per heavy atom. The number of hydrogen-bond donors (Lipinski definition) is 2. The van der Waals surface area contributed by atoms with Crippen LogP contribution in [0.4, 0.5) is 8.78 Å². The van der Waals surface area contributed by atoms with Gasteiger partial charge in [-0.3, -0.25) is 0 Å². The van der Waals surface area contributed by atoms with Crippen molar-refractivity contribution in [2.24, 2.45) is 5.73 Å². The fraction of sp³-hybridized carbons (Fsp3) is 0.400. The molecule has 3 N–H and O–H groups in total. The zero-order valence-corrected chi connectivity index (χ0v) is 9.11. The smallest absolute Gasteiger partial charge is 0.357 e. The summed E-state index contributed by atoms with van der Waals surface area (Å²) in [6.07, 6.45) is -2.93. The van der Waals surface area contributed by atoms with Gasteiger partial charge in [-0.15, -0.1) is 0 Å². The first-order valence-electron chi connectivity index (χ1n) is 4.89. The van der Waals surface area contributed by atoms with Crippen molar-refractivity contribution in [2.45, 2.75) is 19.9 Å². The van der Waals surface area contributed by atoms with Crippen molar-refractivity contribution < 1.29 is 23.4 Å². The molecule has 1 heterocycles. The predicted molar refractivity (Wildman–Crippen MR) is 54.7 cm³/mol. The highest BCUT2D eigenvalue weighted by Crippen LogP contribution is 2.27. The molecule has 1 rings (SSSR count). The fourth-order valence-electron chi connectivity index (χ4n) is 1.24. The Morgan fingerprint density at radius 2 is 2.29 bits per heavy atom. The number of alkyl halides is 2. The number of rotatable bonds is 4. The second-order valence-electron chi connectivity index (χ2n) is 3.12. The molecule has 0 unspecified atom stereocenters. The zero-order valence-electron chi connectivity index (χ0n) is 9.11. The third-order valence-corrected chi connectivity index (χ3v) is 2.01. The van der Waals surface area contributed by atoms with E-state index in [1.54, 1.807) is 6.92 Å². The minimum Gasteiger partial charge on any atom is -0.506 e. The summed E-state index contributed by atoms with van der Waals surface area (Å²) in [6.45, 7) is 1.42. The maximum absolute atomic E-state index is 12.7. The van der Waals surface area contributed by atoms with Gasteiger partial charge in [-0.2, -0.15) is 0 Å². The van der Waals surface area contributed by atoms with E-state index >= 15 is 0 Å². The number of nitrogens with zero attached hydrogens (tertiary/aromatic N) is 1. The molecule has 17 heavy (non-hydrogen) atoms. The molecular formula is C10H12F2N2O3. The summed E-state index contributed by atoms with van der Waals surface area (Å²) >= 11 is 0. The summed E-state index contributed by atoms with van der Waals surface area (Å²) in [5.41, 5.74) is 4.05. The average Bonchev–Trinajstić information content (AvgIpc) is 2.28. The normalized spacial score (nSPS) is 10.6. The maximum atomic E-state index is 12.7. The summed E-state index contributed by atoms with van der Waals surface area (Å²) in [6, 6.07) is 0.784. The molecule has 0 aromatic carbocycles. The van der Waals surface area contributed by atoms with E-state index in [0.29, 0.717) is 0 Å². The molecule has 0 spiro atoms. The lowest BCUT2D eigenvalue weighted by Crippen LogP contribution is -2.14. The molecule has 0 aliphatic rings. The first-order valence-corrected chi connectivity index (χ1v) is 4.89. The number of esters is 1. The van der Waals surface area contributed by atoms with Crippen LogP contribution >= 0.6 is 0 Å². The monoisotopic (exact) mass is 246 g/mol. The first-order chi connectivity index (χ1) is 8.01. The third-order valence-electron chi connectivity index (χ3n) is 2.01. The molecule has 0 atom stereocenters. The van der Waals surface area contributed by atoms with E-state index in [1.807, 2.05) is 0 Å². The lowest BCUT2D eigenvalue weighted by molar-refractivity contribution is 0.0507. The Labute approximate surface area is 96.2 Å². The molecule has 1 aromatic heterocycles. The third kappa shape index (κ3) is 2.88.